The topological polar surface area (TPSA) is 103 Å². The number of carbonyl (C=O) groups is 1. The van der Waals surface area contributed by atoms with Gasteiger partial charge in [-0.15, -0.1) is 0 Å². The van der Waals surface area contributed by atoms with Crippen LogP contribution in [0, 0.1) is 0 Å². The van der Waals surface area contributed by atoms with Gasteiger partial charge in [-0.3, -0.25) is 4.79 Å². The third-order valence-electron chi connectivity index (χ3n) is 5.96. The molecule has 0 N–H and O–H groups in total. The lowest BCUT2D eigenvalue weighted by atomic mass is 10.1. The van der Waals surface area contributed by atoms with Crippen LogP contribution >= 0.6 is 0 Å². The molecule has 0 bridgehead atoms. The summed E-state index contributed by atoms with van der Waals surface area (Å²) in [6, 6.07) is 20.2. The molecular weight excluding hydrogens is 492 g/mol. The Morgan fingerprint density at radius 3 is 2.13 bits per heavy atom. The van der Waals surface area contributed by atoms with Crippen molar-refractivity contribution in [1.82, 2.24) is 0 Å². The second-order valence-corrected chi connectivity index (χ2v) is 9.30. The first kappa shape index (κ1) is 25.6. The fourth-order valence-corrected chi connectivity index (χ4v) is 4.07. The Morgan fingerprint density at radius 2 is 1.53 bits per heavy atom. The molecule has 2 aliphatic rings. The Kier molecular flexibility index (Phi) is 7.48. The molecule has 3 aromatic rings. The Morgan fingerprint density at radius 1 is 0.868 bits per heavy atom. The highest BCUT2D eigenvalue weighted by atomic mass is 16.8. The van der Waals surface area contributed by atoms with Gasteiger partial charge in [0, 0.05) is 6.07 Å². The molecule has 198 valence electrons. The Labute approximate surface area is 219 Å². The summed E-state index contributed by atoms with van der Waals surface area (Å²) in [6.07, 6.45) is -0.184. The van der Waals surface area contributed by atoms with Crippen LogP contribution in [0.15, 0.2) is 93.7 Å². The van der Waals surface area contributed by atoms with Crippen molar-refractivity contribution in [3.63, 3.8) is 0 Å². The first-order valence-electron chi connectivity index (χ1n) is 12.2. The summed E-state index contributed by atoms with van der Waals surface area (Å²) in [7, 11) is 0. The van der Waals surface area contributed by atoms with Crippen molar-refractivity contribution in [3.8, 4) is 5.75 Å². The lowest BCUT2D eigenvalue weighted by Gasteiger charge is -2.22. The van der Waals surface area contributed by atoms with Crippen molar-refractivity contribution >= 4 is 5.97 Å². The summed E-state index contributed by atoms with van der Waals surface area (Å²) in [6.45, 7) is 4.01. The highest BCUT2D eigenvalue weighted by molar-refractivity contribution is 5.89. The second-order valence-electron chi connectivity index (χ2n) is 9.30. The highest BCUT2D eigenvalue weighted by Crippen LogP contribution is 2.35. The van der Waals surface area contributed by atoms with Crippen molar-refractivity contribution in [2.24, 2.45) is 0 Å². The minimum Gasteiger partial charge on any atom is -0.485 e. The summed E-state index contributed by atoms with van der Waals surface area (Å²) in [4.78, 5) is 25.3. The molecule has 0 saturated carbocycles. The molecule has 0 spiro atoms. The first-order valence-corrected chi connectivity index (χ1v) is 12.2. The van der Waals surface area contributed by atoms with Crippen LogP contribution in [0.1, 0.15) is 30.7 Å². The molecule has 5 rings (SSSR count). The second kappa shape index (κ2) is 11.1. The Balaban J connectivity index is 1.30. The van der Waals surface area contributed by atoms with Crippen LogP contribution < -0.4 is 10.2 Å². The van der Waals surface area contributed by atoms with E-state index in [1.54, 1.807) is 13.8 Å². The van der Waals surface area contributed by atoms with Gasteiger partial charge >= 0.3 is 5.97 Å². The number of esters is 1. The van der Waals surface area contributed by atoms with Crippen LogP contribution in [0.3, 0.4) is 0 Å². The van der Waals surface area contributed by atoms with Crippen molar-refractivity contribution in [1.29, 1.82) is 0 Å². The van der Waals surface area contributed by atoms with E-state index in [2.05, 4.69) is 0 Å². The maximum absolute atomic E-state index is 12.8. The molecule has 0 radical (unpaired) electrons. The van der Waals surface area contributed by atoms with Gasteiger partial charge in [-0.1, -0.05) is 60.7 Å². The molecule has 3 heterocycles. The fourth-order valence-electron chi connectivity index (χ4n) is 4.07. The van der Waals surface area contributed by atoms with Gasteiger partial charge in [0.1, 0.15) is 37.9 Å². The zero-order valence-corrected chi connectivity index (χ0v) is 21.1. The molecular formula is C29H28O9. The Bertz CT molecular complexity index is 1350. The van der Waals surface area contributed by atoms with Gasteiger partial charge in [-0.2, -0.15) is 0 Å². The maximum atomic E-state index is 12.8. The molecule has 1 fully saturated rings. The van der Waals surface area contributed by atoms with Gasteiger partial charge in [0.2, 0.25) is 16.9 Å². The van der Waals surface area contributed by atoms with Crippen molar-refractivity contribution in [2.75, 3.05) is 6.61 Å². The quantitative estimate of drug-likeness (QED) is 0.363. The van der Waals surface area contributed by atoms with Gasteiger partial charge in [-0.05, 0) is 25.0 Å². The monoisotopic (exact) mass is 520 g/mol. The van der Waals surface area contributed by atoms with Gasteiger partial charge in [0.25, 0.3) is 0 Å². The SMILES string of the molecule is CC1(C)OC[C@@H]([C@H]2OC(=O)C(OCc3cc(=O)c(OCc4ccccc4)co3)=C2OCc2ccccc2)O1. The molecule has 2 atom stereocenters. The molecule has 38 heavy (non-hydrogen) atoms. The summed E-state index contributed by atoms with van der Waals surface area (Å²) >= 11 is 0. The Hall–Kier alpha value is -4.08. The summed E-state index contributed by atoms with van der Waals surface area (Å²) < 4.78 is 40.1. The molecule has 0 unspecified atom stereocenters. The number of hydrogen-bond donors (Lipinski definition) is 0. The van der Waals surface area contributed by atoms with Crippen molar-refractivity contribution < 1.29 is 37.6 Å². The van der Waals surface area contributed by atoms with E-state index in [9.17, 15) is 9.59 Å². The number of carbonyl (C=O) groups excluding carboxylic acids is 1. The summed E-state index contributed by atoms with van der Waals surface area (Å²) in [5.41, 5.74) is 1.45. The fraction of sp³-hybridized carbons (Fsp3) is 0.310. The largest absolute Gasteiger partial charge is 0.485 e. The van der Waals surface area contributed by atoms with E-state index in [0.29, 0.717) is 0 Å². The lowest BCUT2D eigenvalue weighted by molar-refractivity contribution is -0.164. The number of cyclic esters (lactones) is 1. The molecule has 1 saturated heterocycles. The van der Waals surface area contributed by atoms with Gasteiger partial charge in [0.05, 0.1) is 6.61 Å². The van der Waals surface area contributed by atoms with E-state index in [1.807, 2.05) is 60.7 Å². The van der Waals surface area contributed by atoms with E-state index in [-0.39, 0.29) is 54.9 Å². The van der Waals surface area contributed by atoms with E-state index < -0.39 is 24.0 Å². The summed E-state index contributed by atoms with van der Waals surface area (Å²) in [5, 5.41) is 0. The zero-order valence-electron chi connectivity index (χ0n) is 21.1. The molecule has 9 heteroatoms. The average Bonchev–Trinajstić information content (AvgIpc) is 3.44. The van der Waals surface area contributed by atoms with Crippen LogP contribution in [0.5, 0.6) is 5.75 Å². The third kappa shape index (κ3) is 6.07. The molecule has 1 aromatic heterocycles. The lowest BCUT2D eigenvalue weighted by Crippen LogP contribution is -2.33. The van der Waals surface area contributed by atoms with Crippen LogP contribution in [0.25, 0.3) is 0 Å². The van der Waals surface area contributed by atoms with Crippen molar-refractivity contribution in [3.05, 3.63) is 112 Å². The number of benzene rings is 2. The third-order valence-corrected chi connectivity index (χ3v) is 5.96. The van der Waals surface area contributed by atoms with Crippen LogP contribution in [-0.2, 0) is 48.3 Å². The average molecular weight is 521 g/mol. The zero-order chi connectivity index (χ0) is 26.5. The predicted molar refractivity (Wildman–Crippen MR) is 134 cm³/mol. The predicted octanol–water partition coefficient (Wildman–Crippen LogP) is 4.24. The minimum atomic E-state index is -0.844. The normalized spacial score (nSPS) is 20.3. The smallest absolute Gasteiger partial charge is 0.378 e. The summed E-state index contributed by atoms with van der Waals surface area (Å²) in [5.74, 6) is -1.14. The number of hydrogen-bond acceptors (Lipinski definition) is 9. The van der Waals surface area contributed by atoms with E-state index in [1.165, 1.54) is 12.3 Å². The maximum Gasteiger partial charge on any atom is 0.378 e. The van der Waals surface area contributed by atoms with E-state index in [0.717, 1.165) is 11.1 Å². The highest BCUT2D eigenvalue weighted by Gasteiger charge is 2.48. The van der Waals surface area contributed by atoms with E-state index in [4.69, 9.17) is 32.8 Å². The standard InChI is InChI=1S/C29H28O9/c1-29(2)36-18-24(38-29)25-26(34-15-20-11-7-4-8-12-20)27(28(31)37-25)35-16-21-13-22(30)23(17-32-21)33-14-19-9-5-3-6-10-19/h3-13,17,24-25H,14-16,18H2,1-2H3/t24-,25+/m0/s1. The van der Waals surface area contributed by atoms with Crippen LogP contribution in [0.2, 0.25) is 0 Å². The van der Waals surface area contributed by atoms with Crippen LogP contribution in [0.4, 0.5) is 0 Å². The minimum absolute atomic E-state index is 0.0741. The molecule has 0 aliphatic carbocycles. The molecule has 2 aromatic carbocycles. The van der Waals surface area contributed by atoms with Gasteiger partial charge < -0.3 is 32.8 Å². The van der Waals surface area contributed by atoms with Crippen molar-refractivity contribution in [2.45, 2.75) is 51.7 Å². The van der Waals surface area contributed by atoms with Crippen LogP contribution in [-0.4, -0.2) is 30.6 Å². The molecule has 0 amide bonds. The number of rotatable bonds is 10. The molecule has 9 nitrogen and oxygen atoms in total. The first-order chi connectivity index (χ1) is 18.4. The number of ether oxygens (including phenoxy) is 6. The van der Waals surface area contributed by atoms with E-state index >= 15 is 0 Å². The van der Waals surface area contributed by atoms with Gasteiger partial charge in [-0.25, -0.2) is 4.79 Å². The van der Waals surface area contributed by atoms with Gasteiger partial charge in [0.15, 0.2) is 17.7 Å². The molecule has 2 aliphatic heterocycles.